The summed E-state index contributed by atoms with van der Waals surface area (Å²) < 4.78 is 0. The van der Waals surface area contributed by atoms with Crippen molar-refractivity contribution in [1.82, 2.24) is 15.2 Å². The second kappa shape index (κ2) is 7.01. The minimum absolute atomic E-state index is 0.498. The van der Waals surface area contributed by atoms with Gasteiger partial charge in [0.2, 0.25) is 0 Å². The third-order valence-electron chi connectivity index (χ3n) is 4.38. The maximum Gasteiger partial charge on any atom is 0.0271 e. The highest BCUT2D eigenvalue weighted by Crippen LogP contribution is 2.38. The van der Waals surface area contributed by atoms with Crippen molar-refractivity contribution >= 4 is 0 Å². The molecule has 0 aromatic carbocycles. The summed E-state index contributed by atoms with van der Waals surface area (Å²) in [5, 5.41) is 3.41. The first-order chi connectivity index (χ1) is 9.28. The van der Waals surface area contributed by atoms with Crippen LogP contribution in [0.5, 0.6) is 0 Å². The molecule has 1 aromatic rings. The van der Waals surface area contributed by atoms with Crippen LogP contribution in [0.2, 0.25) is 0 Å². The molecule has 1 saturated carbocycles. The lowest BCUT2D eigenvalue weighted by atomic mass is 9.85. The summed E-state index contributed by atoms with van der Waals surface area (Å²) in [5.41, 5.74) is 1.87. The van der Waals surface area contributed by atoms with E-state index in [1.54, 1.807) is 0 Å². The molecule has 19 heavy (non-hydrogen) atoms. The van der Waals surface area contributed by atoms with Crippen molar-refractivity contribution in [2.45, 2.75) is 39.2 Å². The Morgan fingerprint density at radius 3 is 2.53 bits per heavy atom. The van der Waals surface area contributed by atoms with Gasteiger partial charge in [0.15, 0.2) is 0 Å². The summed E-state index contributed by atoms with van der Waals surface area (Å²) in [5.74, 6) is 0. The van der Waals surface area contributed by atoms with Gasteiger partial charge in [-0.3, -0.25) is 9.88 Å². The lowest BCUT2D eigenvalue weighted by Crippen LogP contribution is -2.41. The van der Waals surface area contributed by atoms with E-state index in [1.807, 2.05) is 12.4 Å². The number of pyridine rings is 1. The van der Waals surface area contributed by atoms with Gasteiger partial charge in [0, 0.05) is 32.0 Å². The molecule has 3 nitrogen and oxygen atoms in total. The van der Waals surface area contributed by atoms with E-state index in [-0.39, 0.29) is 0 Å². The summed E-state index contributed by atoms with van der Waals surface area (Å²) >= 11 is 0. The van der Waals surface area contributed by atoms with Crippen LogP contribution >= 0.6 is 0 Å². The standard InChI is InChI=1S/C16H27N3/c1-3-19(12-15-6-10-18-11-7-15)14-16(13-17-2)8-4-5-9-16/h6-7,10-11,17H,3-5,8-9,12-14H2,1-2H3. The molecule has 3 heteroatoms. The molecule has 1 N–H and O–H groups in total. The number of hydrogen-bond donors (Lipinski definition) is 1. The predicted molar refractivity (Wildman–Crippen MR) is 80.0 cm³/mol. The molecule has 0 aliphatic heterocycles. The first-order valence-corrected chi connectivity index (χ1v) is 7.54. The Morgan fingerprint density at radius 2 is 1.95 bits per heavy atom. The van der Waals surface area contributed by atoms with Crippen LogP contribution in [0.3, 0.4) is 0 Å². The number of hydrogen-bond acceptors (Lipinski definition) is 3. The number of aromatic nitrogens is 1. The topological polar surface area (TPSA) is 28.2 Å². The Bertz CT molecular complexity index is 358. The average Bonchev–Trinajstić information content (AvgIpc) is 2.88. The third-order valence-corrected chi connectivity index (χ3v) is 4.38. The van der Waals surface area contributed by atoms with Crippen molar-refractivity contribution in [3.05, 3.63) is 30.1 Å². The predicted octanol–water partition coefficient (Wildman–Crippen LogP) is 2.68. The highest BCUT2D eigenvalue weighted by atomic mass is 15.1. The molecule has 0 atom stereocenters. The number of rotatable bonds is 7. The Hall–Kier alpha value is -0.930. The van der Waals surface area contributed by atoms with Crippen LogP contribution in [0.1, 0.15) is 38.2 Å². The molecule has 0 saturated heterocycles. The van der Waals surface area contributed by atoms with Crippen LogP contribution in [-0.4, -0.2) is 36.6 Å². The van der Waals surface area contributed by atoms with Crippen molar-refractivity contribution in [2.24, 2.45) is 5.41 Å². The molecule has 0 spiro atoms. The summed E-state index contributed by atoms with van der Waals surface area (Å²) in [6, 6.07) is 4.25. The van der Waals surface area contributed by atoms with E-state index in [0.717, 1.165) is 19.6 Å². The maximum absolute atomic E-state index is 4.10. The van der Waals surface area contributed by atoms with Crippen LogP contribution in [0, 0.1) is 5.41 Å². The van der Waals surface area contributed by atoms with E-state index in [0.29, 0.717) is 5.41 Å². The zero-order valence-corrected chi connectivity index (χ0v) is 12.4. The van der Waals surface area contributed by atoms with Gasteiger partial charge in [0.05, 0.1) is 0 Å². The quantitative estimate of drug-likeness (QED) is 0.818. The van der Waals surface area contributed by atoms with E-state index < -0.39 is 0 Å². The molecule has 2 rings (SSSR count). The average molecular weight is 261 g/mol. The monoisotopic (exact) mass is 261 g/mol. The molecular formula is C16H27N3. The molecule has 1 heterocycles. The van der Waals surface area contributed by atoms with Gasteiger partial charge in [-0.1, -0.05) is 19.8 Å². The first kappa shape index (κ1) is 14.5. The Balaban J connectivity index is 1.97. The van der Waals surface area contributed by atoms with Crippen LogP contribution < -0.4 is 5.32 Å². The highest BCUT2D eigenvalue weighted by Gasteiger charge is 2.34. The maximum atomic E-state index is 4.10. The molecule has 1 aliphatic rings. The van der Waals surface area contributed by atoms with Gasteiger partial charge in [-0.05, 0) is 49.5 Å². The molecule has 0 bridgehead atoms. The molecule has 1 aromatic heterocycles. The summed E-state index contributed by atoms with van der Waals surface area (Å²) in [6.45, 7) is 6.80. The third kappa shape index (κ3) is 4.02. The van der Waals surface area contributed by atoms with Crippen LogP contribution in [0.4, 0.5) is 0 Å². The van der Waals surface area contributed by atoms with Crippen molar-refractivity contribution < 1.29 is 0 Å². The smallest absolute Gasteiger partial charge is 0.0271 e. The van der Waals surface area contributed by atoms with Crippen molar-refractivity contribution in [1.29, 1.82) is 0 Å². The van der Waals surface area contributed by atoms with Gasteiger partial charge in [0.1, 0.15) is 0 Å². The molecule has 0 unspecified atom stereocenters. The fraction of sp³-hybridized carbons (Fsp3) is 0.688. The zero-order valence-electron chi connectivity index (χ0n) is 12.4. The lowest BCUT2D eigenvalue weighted by Gasteiger charge is -2.35. The van der Waals surface area contributed by atoms with Gasteiger partial charge >= 0.3 is 0 Å². The fourth-order valence-corrected chi connectivity index (χ4v) is 3.39. The molecule has 0 radical (unpaired) electrons. The Morgan fingerprint density at radius 1 is 1.26 bits per heavy atom. The Kier molecular flexibility index (Phi) is 5.34. The zero-order chi connectivity index (χ0) is 13.6. The van der Waals surface area contributed by atoms with Gasteiger partial charge < -0.3 is 5.32 Å². The van der Waals surface area contributed by atoms with E-state index in [4.69, 9.17) is 0 Å². The van der Waals surface area contributed by atoms with Crippen molar-refractivity contribution in [3.8, 4) is 0 Å². The Labute approximate surface area is 117 Å². The minimum Gasteiger partial charge on any atom is -0.319 e. The normalized spacial score (nSPS) is 18.1. The summed E-state index contributed by atoms with van der Waals surface area (Å²) in [4.78, 5) is 6.68. The summed E-state index contributed by atoms with van der Waals surface area (Å²) in [6.07, 6.45) is 9.33. The first-order valence-electron chi connectivity index (χ1n) is 7.54. The largest absolute Gasteiger partial charge is 0.319 e. The molecule has 1 fully saturated rings. The lowest BCUT2D eigenvalue weighted by molar-refractivity contribution is 0.150. The van der Waals surface area contributed by atoms with E-state index >= 15 is 0 Å². The second-order valence-corrected chi connectivity index (χ2v) is 5.90. The van der Waals surface area contributed by atoms with Crippen LogP contribution in [-0.2, 0) is 6.54 Å². The molecular weight excluding hydrogens is 234 g/mol. The molecule has 106 valence electrons. The molecule has 0 amide bonds. The number of nitrogens with zero attached hydrogens (tertiary/aromatic N) is 2. The van der Waals surface area contributed by atoms with Crippen molar-refractivity contribution in [2.75, 3.05) is 26.7 Å². The van der Waals surface area contributed by atoms with Gasteiger partial charge in [-0.15, -0.1) is 0 Å². The van der Waals surface area contributed by atoms with Crippen LogP contribution in [0.25, 0.3) is 0 Å². The van der Waals surface area contributed by atoms with Crippen molar-refractivity contribution in [3.63, 3.8) is 0 Å². The van der Waals surface area contributed by atoms with Gasteiger partial charge in [0.25, 0.3) is 0 Å². The molecule has 1 aliphatic carbocycles. The van der Waals surface area contributed by atoms with Gasteiger partial charge in [-0.2, -0.15) is 0 Å². The highest BCUT2D eigenvalue weighted by molar-refractivity contribution is 5.09. The van der Waals surface area contributed by atoms with Gasteiger partial charge in [-0.25, -0.2) is 0 Å². The van der Waals surface area contributed by atoms with E-state index in [1.165, 1.54) is 37.8 Å². The van der Waals surface area contributed by atoms with E-state index in [9.17, 15) is 0 Å². The minimum atomic E-state index is 0.498. The number of nitrogens with one attached hydrogen (secondary N) is 1. The van der Waals surface area contributed by atoms with E-state index in [2.05, 4.69) is 41.3 Å². The fourth-order valence-electron chi connectivity index (χ4n) is 3.39. The summed E-state index contributed by atoms with van der Waals surface area (Å²) in [7, 11) is 2.08. The van der Waals surface area contributed by atoms with Crippen LogP contribution in [0.15, 0.2) is 24.5 Å². The second-order valence-electron chi connectivity index (χ2n) is 5.90. The SMILES string of the molecule is CCN(Cc1ccncc1)CC1(CNC)CCCC1.